The Hall–Kier alpha value is -1.88. The molecule has 0 spiro atoms. The van der Waals surface area contributed by atoms with Crippen molar-refractivity contribution in [2.45, 2.75) is 37.4 Å². The molecule has 1 saturated heterocycles. The van der Waals surface area contributed by atoms with E-state index in [1.54, 1.807) is 0 Å². The molecule has 5 heteroatoms. The number of ether oxygens (including phenoxy) is 2. The summed E-state index contributed by atoms with van der Waals surface area (Å²) >= 11 is 0. The highest BCUT2D eigenvalue weighted by molar-refractivity contribution is 6.06. The third-order valence-electron chi connectivity index (χ3n) is 5.08. The lowest BCUT2D eigenvalue weighted by Crippen LogP contribution is -2.63. The number of carbonyl (C=O) groups is 2. The summed E-state index contributed by atoms with van der Waals surface area (Å²) in [5.41, 5.74) is -0.213. The molecular weight excluding hydrogens is 282 g/mol. The van der Waals surface area contributed by atoms with Crippen LogP contribution in [0.5, 0.6) is 0 Å². The predicted molar refractivity (Wildman–Crippen MR) is 79.9 cm³/mol. The number of hydrogen-bond donors (Lipinski definition) is 0. The molecule has 0 radical (unpaired) electrons. The Balaban J connectivity index is 2.01. The number of nitrogens with zero attached hydrogens (tertiary/aromatic N) is 1. The van der Waals surface area contributed by atoms with Crippen molar-refractivity contribution in [2.75, 3.05) is 14.2 Å². The zero-order valence-electron chi connectivity index (χ0n) is 13.0. The number of methoxy groups -OCH3 is 2. The molecule has 22 heavy (non-hydrogen) atoms. The lowest BCUT2D eigenvalue weighted by molar-refractivity contribution is -0.177. The van der Waals surface area contributed by atoms with E-state index in [1.807, 2.05) is 35.2 Å². The van der Waals surface area contributed by atoms with E-state index in [2.05, 4.69) is 0 Å². The number of esters is 2. The average molecular weight is 303 g/mol. The third-order valence-corrected chi connectivity index (χ3v) is 5.08. The van der Waals surface area contributed by atoms with Gasteiger partial charge in [-0.25, -0.2) is 9.59 Å². The van der Waals surface area contributed by atoms with Gasteiger partial charge in [0.25, 0.3) is 0 Å². The molecule has 1 aromatic rings. The number of fused-ring (bicyclic) bond motifs is 2. The second kappa shape index (κ2) is 5.72. The number of rotatable bonds is 4. The van der Waals surface area contributed by atoms with Crippen LogP contribution in [0.1, 0.15) is 24.8 Å². The summed E-state index contributed by atoms with van der Waals surface area (Å²) in [4.78, 5) is 27.1. The molecule has 3 rings (SSSR count). The Labute approximate surface area is 130 Å². The van der Waals surface area contributed by atoms with Crippen LogP contribution in [0.25, 0.3) is 0 Å². The fourth-order valence-corrected chi connectivity index (χ4v) is 4.14. The molecular formula is C17H21NO4. The third kappa shape index (κ3) is 2.03. The van der Waals surface area contributed by atoms with Crippen molar-refractivity contribution >= 4 is 11.9 Å². The second-order valence-corrected chi connectivity index (χ2v) is 6.03. The zero-order valence-corrected chi connectivity index (χ0v) is 13.0. The van der Waals surface area contributed by atoms with Crippen LogP contribution in [-0.2, 0) is 25.6 Å². The molecule has 2 fully saturated rings. The normalized spacial score (nSPS) is 25.9. The van der Waals surface area contributed by atoms with Gasteiger partial charge in [0.2, 0.25) is 5.54 Å². The second-order valence-electron chi connectivity index (χ2n) is 6.03. The maximum Gasteiger partial charge on any atom is 0.338 e. The number of carbonyl (C=O) groups excluding carboxylic acids is 2. The van der Waals surface area contributed by atoms with Crippen LogP contribution in [0, 0.1) is 5.92 Å². The van der Waals surface area contributed by atoms with Crippen molar-refractivity contribution in [2.24, 2.45) is 5.92 Å². The van der Waals surface area contributed by atoms with Gasteiger partial charge in [-0.2, -0.15) is 0 Å². The first-order chi connectivity index (χ1) is 10.6. The van der Waals surface area contributed by atoms with Gasteiger partial charge in [0.1, 0.15) is 0 Å². The highest BCUT2D eigenvalue weighted by Gasteiger charge is 2.67. The summed E-state index contributed by atoms with van der Waals surface area (Å²) in [6.45, 7) is 0.548. The minimum Gasteiger partial charge on any atom is -0.467 e. The molecule has 0 unspecified atom stereocenters. The molecule has 0 N–H and O–H groups in total. The molecule has 1 saturated carbocycles. The van der Waals surface area contributed by atoms with Crippen molar-refractivity contribution in [1.82, 2.24) is 4.90 Å². The summed E-state index contributed by atoms with van der Waals surface area (Å²) in [5.74, 6) is -1.02. The molecule has 2 atom stereocenters. The van der Waals surface area contributed by atoms with Gasteiger partial charge in [0.15, 0.2) is 0 Å². The van der Waals surface area contributed by atoms with Crippen molar-refractivity contribution in [3.05, 3.63) is 35.9 Å². The van der Waals surface area contributed by atoms with E-state index in [-0.39, 0.29) is 12.0 Å². The number of benzene rings is 1. The highest BCUT2D eigenvalue weighted by atomic mass is 16.5. The Morgan fingerprint density at radius 3 is 2.36 bits per heavy atom. The fourth-order valence-electron chi connectivity index (χ4n) is 4.14. The van der Waals surface area contributed by atoms with Crippen molar-refractivity contribution in [3.8, 4) is 0 Å². The van der Waals surface area contributed by atoms with Gasteiger partial charge in [-0.1, -0.05) is 30.3 Å². The first-order valence-corrected chi connectivity index (χ1v) is 7.62. The van der Waals surface area contributed by atoms with E-state index < -0.39 is 17.5 Å². The maximum atomic E-state index is 12.6. The van der Waals surface area contributed by atoms with Gasteiger partial charge in [0, 0.05) is 18.5 Å². The monoisotopic (exact) mass is 303 g/mol. The smallest absolute Gasteiger partial charge is 0.338 e. The molecule has 118 valence electrons. The summed E-state index contributed by atoms with van der Waals surface area (Å²) in [5, 5.41) is 0. The average Bonchev–Trinajstić information content (AvgIpc) is 3.15. The maximum absolute atomic E-state index is 12.6. The fraction of sp³-hybridized carbons (Fsp3) is 0.529. The van der Waals surface area contributed by atoms with Crippen LogP contribution >= 0.6 is 0 Å². The van der Waals surface area contributed by atoms with Crippen molar-refractivity contribution < 1.29 is 19.1 Å². The molecule has 1 aliphatic heterocycles. The lowest BCUT2D eigenvalue weighted by Gasteiger charge is -2.42. The van der Waals surface area contributed by atoms with E-state index >= 15 is 0 Å². The summed E-state index contributed by atoms with van der Waals surface area (Å²) < 4.78 is 10.00. The van der Waals surface area contributed by atoms with E-state index in [4.69, 9.17) is 9.47 Å². The minimum absolute atomic E-state index is 0.0267. The number of likely N-dealkylation sites (tertiary alicyclic amines) is 1. The lowest BCUT2D eigenvalue weighted by atomic mass is 9.82. The predicted octanol–water partition coefficient (Wildman–Crippen LogP) is 1.76. The summed E-state index contributed by atoms with van der Waals surface area (Å²) in [6.07, 6.45) is 2.71. The van der Waals surface area contributed by atoms with Gasteiger partial charge in [-0.3, -0.25) is 4.90 Å². The molecule has 2 aliphatic rings. The largest absolute Gasteiger partial charge is 0.467 e. The quantitative estimate of drug-likeness (QED) is 0.626. The summed E-state index contributed by atoms with van der Waals surface area (Å²) in [7, 11) is 2.67. The first-order valence-electron chi connectivity index (χ1n) is 7.62. The molecule has 1 aromatic carbocycles. The van der Waals surface area contributed by atoms with Gasteiger partial charge in [-0.05, 0) is 24.8 Å². The minimum atomic E-state index is -1.29. The van der Waals surface area contributed by atoms with Crippen molar-refractivity contribution in [1.29, 1.82) is 0 Å². The zero-order chi connectivity index (χ0) is 15.7. The van der Waals surface area contributed by atoms with E-state index in [9.17, 15) is 9.59 Å². The van der Waals surface area contributed by atoms with Crippen LogP contribution in [0.2, 0.25) is 0 Å². The molecule has 0 aromatic heterocycles. The van der Waals surface area contributed by atoms with Gasteiger partial charge >= 0.3 is 11.9 Å². The van der Waals surface area contributed by atoms with Crippen LogP contribution < -0.4 is 0 Å². The van der Waals surface area contributed by atoms with Gasteiger partial charge in [-0.15, -0.1) is 0 Å². The molecule has 0 amide bonds. The van der Waals surface area contributed by atoms with Crippen LogP contribution in [0.4, 0.5) is 0 Å². The standard InChI is InChI=1S/C17H21NO4/c1-21-15(19)17(16(20)22-2)13-8-9-14(10-13)18(17)11-12-6-4-3-5-7-12/h3-7,13-14H,8-11H2,1-2H3/t13-,14+/m1/s1. The molecule has 1 aliphatic carbocycles. The number of hydrogen-bond acceptors (Lipinski definition) is 5. The Kier molecular flexibility index (Phi) is 3.91. The number of piperidine rings is 1. The first kappa shape index (κ1) is 15.0. The molecule has 5 nitrogen and oxygen atoms in total. The Morgan fingerprint density at radius 2 is 1.77 bits per heavy atom. The van der Waals surface area contributed by atoms with E-state index in [0.29, 0.717) is 6.54 Å². The van der Waals surface area contributed by atoms with Gasteiger partial charge < -0.3 is 9.47 Å². The molecule has 2 bridgehead atoms. The Morgan fingerprint density at radius 1 is 1.14 bits per heavy atom. The summed E-state index contributed by atoms with van der Waals surface area (Å²) in [6, 6.07) is 10.1. The SMILES string of the molecule is COC(=O)C1(C(=O)OC)[C@@H]2CC[C@@H](C2)N1Cc1ccccc1. The van der Waals surface area contributed by atoms with E-state index in [0.717, 1.165) is 24.8 Å². The molecule has 1 heterocycles. The highest BCUT2D eigenvalue weighted by Crippen LogP contribution is 2.51. The van der Waals surface area contributed by atoms with Crippen molar-refractivity contribution in [3.63, 3.8) is 0 Å². The Bertz CT molecular complexity index is 555. The van der Waals surface area contributed by atoms with Gasteiger partial charge in [0.05, 0.1) is 14.2 Å². The van der Waals surface area contributed by atoms with E-state index in [1.165, 1.54) is 14.2 Å². The van der Waals surface area contributed by atoms with Crippen LogP contribution in [-0.4, -0.2) is 42.6 Å². The van der Waals surface area contributed by atoms with Crippen LogP contribution in [0.3, 0.4) is 0 Å². The van der Waals surface area contributed by atoms with Crippen LogP contribution in [0.15, 0.2) is 30.3 Å². The topological polar surface area (TPSA) is 55.8 Å².